The van der Waals surface area contributed by atoms with Crippen molar-refractivity contribution in [3.8, 4) is 6.07 Å². The van der Waals surface area contributed by atoms with Crippen molar-refractivity contribution in [3.05, 3.63) is 70.5 Å². The molecule has 0 radical (unpaired) electrons. The minimum Gasteiger partial charge on any atom is -0.506 e. The second-order valence-corrected chi connectivity index (χ2v) is 7.38. The maximum atomic E-state index is 13.3. The van der Waals surface area contributed by atoms with Crippen LogP contribution in [0.5, 0.6) is 0 Å². The number of nitriles is 1. The third kappa shape index (κ3) is 3.65. The van der Waals surface area contributed by atoms with Gasteiger partial charge in [0.2, 0.25) is 0 Å². The van der Waals surface area contributed by atoms with Gasteiger partial charge in [0.15, 0.2) is 5.31 Å². The molecule has 118 valence electrons. The third-order valence-electron chi connectivity index (χ3n) is 3.15. The second-order valence-electron chi connectivity index (χ2n) is 4.62. The molecule has 0 bridgehead atoms. The van der Waals surface area contributed by atoms with E-state index in [1.165, 1.54) is 0 Å². The van der Waals surface area contributed by atoms with Crippen LogP contribution in [0, 0.1) is 11.3 Å². The molecule has 1 atom stereocenters. The molecule has 4 nitrogen and oxygen atoms in total. The number of hydrogen-bond acceptors (Lipinski definition) is 4. The highest BCUT2D eigenvalue weighted by Gasteiger charge is 2.34. The van der Waals surface area contributed by atoms with Gasteiger partial charge in [-0.15, -0.1) is 0 Å². The van der Waals surface area contributed by atoms with Gasteiger partial charge >= 0.3 is 0 Å². The van der Waals surface area contributed by atoms with E-state index in [-0.39, 0.29) is 17.7 Å². The lowest BCUT2D eigenvalue weighted by molar-refractivity contribution is 0.345. The molecule has 23 heavy (non-hydrogen) atoms. The van der Waals surface area contributed by atoms with Crippen molar-refractivity contribution in [2.75, 3.05) is 6.61 Å². The van der Waals surface area contributed by atoms with Gasteiger partial charge in [-0.1, -0.05) is 29.8 Å². The lowest BCUT2D eigenvalue weighted by atomic mass is 10.2. The van der Waals surface area contributed by atoms with Gasteiger partial charge < -0.3 is 9.63 Å². The van der Waals surface area contributed by atoms with E-state index in [1.54, 1.807) is 61.5 Å². The zero-order valence-corrected chi connectivity index (χ0v) is 14.1. The van der Waals surface area contributed by atoms with E-state index in [2.05, 4.69) is 0 Å². The van der Waals surface area contributed by atoms with Gasteiger partial charge in [0.1, 0.15) is 11.8 Å². The molecule has 0 aliphatic heterocycles. The zero-order valence-electron chi connectivity index (χ0n) is 12.4. The van der Waals surface area contributed by atoms with E-state index >= 15 is 0 Å². The Balaban J connectivity index is 2.64. The number of allylic oxidation sites excluding steroid dienone is 1. The molecule has 0 aliphatic carbocycles. The van der Waals surface area contributed by atoms with E-state index in [0.29, 0.717) is 15.9 Å². The van der Waals surface area contributed by atoms with Crippen LogP contribution >= 0.6 is 19.0 Å². The molecule has 6 heteroatoms. The van der Waals surface area contributed by atoms with Gasteiger partial charge in [-0.25, -0.2) is 0 Å². The van der Waals surface area contributed by atoms with Crippen molar-refractivity contribution >= 4 is 30.0 Å². The van der Waals surface area contributed by atoms with Crippen LogP contribution in [-0.4, -0.2) is 11.7 Å². The lowest BCUT2D eigenvalue weighted by Crippen LogP contribution is -2.10. The topological polar surface area (TPSA) is 70.3 Å². The van der Waals surface area contributed by atoms with Crippen molar-refractivity contribution in [1.82, 2.24) is 0 Å². The Morgan fingerprint density at radius 3 is 2.35 bits per heavy atom. The summed E-state index contributed by atoms with van der Waals surface area (Å²) >= 11 is 5.82. The Labute approximate surface area is 140 Å². The first kappa shape index (κ1) is 17.3. The number of aliphatic hydroxyl groups is 1. The summed E-state index contributed by atoms with van der Waals surface area (Å²) in [6, 6.07) is 16.5. The van der Waals surface area contributed by atoms with Crippen LogP contribution in [0.25, 0.3) is 5.76 Å². The molecule has 2 aromatic carbocycles. The summed E-state index contributed by atoms with van der Waals surface area (Å²) in [5.74, 6) is -0.371. The van der Waals surface area contributed by atoms with E-state index in [1.807, 2.05) is 6.07 Å². The molecular formula is C17H15ClNO3P. The monoisotopic (exact) mass is 347 g/mol. The lowest BCUT2D eigenvalue weighted by Gasteiger charge is -2.18. The van der Waals surface area contributed by atoms with Crippen LogP contribution < -0.4 is 5.30 Å². The smallest absolute Gasteiger partial charge is 0.275 e. The fourth-order valence-electron chi connectivity index (χ4n) is 2.08. The number of halogens is 1. The van der Waals surface area contributed by atoms with Crippen molar-refractivity contribution < 1.29 is 14.2 Å². The Morgan fingerprint density at radius 1 is 1.22 bits per heavy atom. The van der Waals surface area contributed by atoms with Crippen LogP contribution in [-0.2, 0) is 9.09 Å². The first-order chi connectivity index (χ1) is 11.0. The molecule has 0 fully saturated rings. The van der Waals surface area contributed by atoms with Gasteiger partial charge in [0.25, 0.3) is 7.37 Å². The zero-order chi connectivity index (χ0) is 16.9. The fraction of sp³-hybridized carbons (Fsp3) is 0.118. The van der Waals surface area contributed by atoms with E-state index in [4.69, 9.17) is 16.1 Å². The summed E-state index contributed by atoms with van der Waals surface area (Å²) in [6.07, 6.45) is 0. The van der Waals surface area contributed by atoms with Gasteiger partial charge in [-0.05, 0) is 43.3 Å². The summed E-state index contributed by atoms with van der Waals surface area (Å²) in [6.45, 7) is 1.83. The van der Waals surface area contributed by atoms with Crippen LogP contribution in [0.2, 0.25) is 5.02 Å². The van der Waals surface area contributed by atoms with Crippen LogP contribution in [0.4, 0.5) is 0 Å². The minimum atomic E-state index is -3.68. The summed E-state index contributed by atoms with van der Waals surface area (Å²) in [7, 11) is -3.68. The highest BCUT2D eigenvalue weighted by atomic mass is 35.5. The maximum Gasteiger partial charge on any atom is 0.275 e. The summed E-state index contributed by atoms with van der Waals surface area (Å²) in [5.41, 5.74) is 0.349. The van der Waals surface area contributed by atoms with E-state index in [9.17, 15) is 14.9 Å². The molecular weight excluding hydrogens is 333 g/mol. The molecule has 0 heterocycles. The highest BCUT2D eigenvalue weighted by Crippen LogP contribution is 2.55. The largest absolute Gasteiger partial charge is 0.506 e. The van der Waals surface area contributed by atoms with Crippen molar-refractivity contribution in [2.45, 2.75) is 6.92 Å². The second kappa shape index (κ2) is 7.48. The molecule has 0 aromatic heterocycles. The molecule has 0 aliphatic rings. The predicted molar refractivity (Wildman–Crippen MR) is 91.9 cm³/mol. The maximum absolute atomic E-state index is 13.3. The van der Waals surface area contributed by atoms with Crippen LogP contribution in [0.1, 0.15) is 12.5 Å². The number of hydrogen-bond donors (Lipinski definition) is 1. The first-order valence-corrected chi connectivity index (χ1v) is 8.93. The van der Waals surface area contributed by atoms with Gasteiger partial charge in [0, 0.05) is 15.9 Å². The number of aliphatic hydroxyl groups excluding tert-OH is 1. The number of benzene rings is 2. The van der Waals surface area contributed by atoms with Crippen molar-refractivity contribution in [3.63, 3.8) is 0 Å². The standard InChI is InChI=1S/C17H15ClNO3P/c1-2-22-23(21,15-6-4-3-5-7-15)16(12-19)17(20)13-8-10-14(18)11-9-13/h3-11,20H,2H2,1H3/b17-16-. The fourth-order valence-corrected chi connectivity index (χ4v) is 4.21. The summed E-state index contributed by atoms with van der Waals surface area (Å²) in [5, 5.41) is 20.5. The van der Waals surface area contributed by atoms with E-state index in [0.717, 1.165) is 0 Å². The molecule has 0 amide bonds. The average molecular weight is 348 g/mol. The van der Waals surface area contributed by atoms with Crippen molar-refractivity contribution in [2.24, 2.45) is 0 Å². The minimum absolute atomic E-state index is 0.144. The Kier molecular flexibility index (Phi) is 5.63. The van der Waals surface area contributed by atoms with E-state index < -0.39 is 7.37 Å². The molecule has 0 spiro atoms. The number of rotatable bonds is 5. The molecule has 0 saturated heterocycles. The number of nitrogens with zero attached hydrogens (tertiary/aromatic N) is 1. The summed E-state index contributed by atoms with van der Waals surface area (Å²) < 4.78 is 18.8. The van der Waals surface area contributed by atoms with Crippen LogP contribution in [0.3, 0.4) is 0 Å². The van der Waals surface area contributed by atoms with Gasteiger partial charge in [-0.3, -0.25) is 4.57 Å². The molecule has 2 rings (SSSR count). The molecule has 1 unspecified atom stereocenters. The first-order valence-electron chi connectivity index (χ1n) is 6.93. The quantitative estimate of drug-likeness (QED) is 0.482. The molecule has 0 saturated carbocycles. The average Bonchev–Trinajstić information content (AvgIpc) is 2.57. The molecule has 2 aromatic rings. The highest BCUT2D eigenvalue weighted by molar-refractivity contribution is 7.71. The predicted octanol–water partition coefficient (Wildman–Crippen LogP) is 4.73. The van der Waals surface area contributed by atoms with Gasteiger partial charge in [-0.2, -0.15) is 5.26 Å². The van der Waals surface area contributed by atoms with Crippen molar-refractivity contribution in [1.29, 1.82) is 5.26 Å². The third-order valence-corrected chi connectivity index (χ3v) is 5.90. The SMILES string of the molecule is CCOP(=O)(/C(C#N)=C(\O)c1ccc(Cl)cc1)c1ccccc1. The van der Waals surface area contributed by atoms with Gasteiger partial charge in [0.05, 0.1) is 6.61 Å². The normalized spacial score (nSPS) is 14.5. The van der Waals surface area contributed by atoms with Crippen LogP contribution in [0.15, 0.2) is 59.9 Å². The molecule has 1 N–H and O–H groups in total. The Bertz CT molecular complexity index is 795. The Hall–Kier alpha value is -2.05. The Morgan fingerprint density at radius 2 is 1.83 bits per heavy atom. The summed E-state index contributed by atoms with van der Waals surface area (Å²) in [4.78, 5) is 0.